The van der Waals surface area contributed by atoms with Crippen LogP contribution < -0.4 is 3.58 Å². The molecule has 0 unspecified atom stereocenters. The molecule has 0 amide bonds. The van der Waals surface area contributed by atoms with Crippen LogP contribution in [0.1, 0.15) is 59.3 Å². The minimum atomic E-state index is -2.49. The van der Waals surface area contributed by atoms with Crippen molar-refractivity contribution in [2.24, 2.45) is 0 Å². The number of unbranched alkanes of at least 4 members (excludes halogenated alkanes) is 3. The fourth-order valence-electron chi connectivity index (χ4n) is 4.28. The Balaban J connectivity index is 1.99. The van der Waals surface area contributed by atoms with Crippen molar-refractivity contribution in [1.29, 1.82) is 0 Å². The fraction of sp³-hybridized carbons (Fsp3) is 0.500. The third-order valence-electron chi connectivity index (χ3n) is 6.11. The SMILES string of the molecule is CCC[CH2][Sn]([CH2]CCC)([CH2]CCC)[c]1cnc2nc(-c3ccc(O)cc3)cn2c1. The summed E-state index contributed by atoms with van der Waals surface area (Å²) in [5, 5.41) is 9.55. The molecule has 1 N–H and O–H groups in total. The quantitative estimate of drug-likeness (QED) is 0.321. The number of benzene rings is 1. The van der Waals surface area contributed by atoms with Gasteiger partial charge in [0.05, 0.1) is 0 Å². The summed E-state index contributed by atoms with van der Waals surface area (Å²) < 4.78 is 8.03. The summed E-state index contributed by atoms with van der Waals surface area (Å²) in [6, 6.07) is 7.23. The summed E-state index contributed by atoms with van der Waals surface area (Å²) >= 11 is -2.49. The van der Waals surface area contributed by atoms with Crippen LogP contribution in [0.2, 0.25) is 13.3 Å². The second kappa shape index (κ2) is 10.5. The van der Waals surface area contributed by atoms with E-state index in [0.29, 0.717) is 0 Å². The fourth-order valence-corrected chi connectivity index (χ4v) is 19.9. The van der Waals surface area contributed by atoms with Crippen molar-refractivity contribution in [3.05, 3.63) is 42.9 Å². The number of phenolic OH excluding ortho intramolecular Hbond substituents is 1. The third kappa shape index (κ3) is 5.33. The number of aromatic hydroxyl groups is 1. The van der Waals surface area contributed by atoms with E-state index in [1.54, 1.807) is 15.7 Å². The molecule has 4 nitrogen and oxygen atoms in total. The Bertz CT molecular complexity index is 882. The summed E-state index contributed by atoms with van der Waals surface area (Å²) in [5.74, 6) is 1.04. The van der Waals surface area contributed by atoms with Crippen LogP contribution in [0.4, 0.5) is 0 Å². The van der Waals surface area contributed by atoms with E-state index in [0.717, 1.165) is 17.0 Å². The molecule has 0 fully saturated rings. The summed E-state index contributed by atoms with van der Waals surface area (Å²) in [7, 11) is 0. The number of imidazole rings is 1. The molecule has 0 spiro atoms. The number of hydrogen-bond acceptors (Lipinski definition) is 3. The third-order valence-corrected chi connectivity index (χ3v) is 21.6. The second-order valence-electron chi connectivity index (χ2n) is 8.31. The Morgan fingerprint density at radius 2 is 1.45 bits per heavy atom. The molecule has 29 heavy (non-hydrogen) atoms. The number of hydrogen-bond donors (Lipinski definition) is 1. The van der Waals surface area contributed by atoms with Crippen LogP contribution in [0.5, 0.6) is 5.75 Å². The van der Waals surface area contributed by atoms with Gasteiger partial charge in [0.1, 0.15) is 0 Å². The van der Waals surface area contributed by atoms with Crippen molar-refractivity contribution in [2.75, 3.05) is 0 Å². The van der Waals surface area contributed by atoms with Crippen molar-refractivity contribution < 1.29 is 5.11 Å². The molecule has 2 heterocycles. The van der Waals surface area contributed by atoms with Crippen LogP contribution in [0.25, 0.3) is 17.0 Å². The van der Waals surface area contributed by atoms with Gasteiger partial charge in [-0.1, -0.05) is 0 Å². The van der Waals surface area contributed by atoms with E-state index >= 15 is 0 Å². The van der Waals surface area contributed by atoms with Crippen LogP contribution in [-0.4, -0.2) is 37.9 Å². The average molecular weight is 500 g/mol. The molecular formula is C24H35N3OSn. The van der Waals surface area contributed by atoms with Crippen LogP contribution in [-0.2, 0) is 0 Å². The van der Waals surface area contributed by atoms with Gasteiger partial charge < -0.3 is 0 Å². The molecular weight excluding hydrogens is 465 g/mol. The Labute approximate surface area is 179 Å². The first kappa shape index (κ1) is 22.1. The van der Waals surface area contributed by atoms with Gasteiger partial charge >= 0.3 is 180 Å². The normalized spacial score (nSPS) is 12.0. The number of nitrogens with zero attached hydrogens (tertiary/aromatic N) is 3. The van der Waals surface area contributed by atoms with E-state index in [4.69, 9.17) is 9.97 Å². The van der Waals surface area contributed by atoms with E-state index in [-0.39, 0.29) is 5.75 Å². The molecule has 0 aliphatic rings. The zero-order valence-electron chi connectivity index (χ0n) is 18.2. The molecule has 3 aromatic rings. The van der Waals surface area contributed by atoms with Gasteiger partial charge in [0.15, 0.2) is 0 Å². The predicted molar refractivity (Wildman–Crippen MR) is 125 cm³/mol. The van der Waals surface area contributed by atoms with Crippen molar-refractivity contribution in [1.82, 2.24) is 14.4 Å². The van der Waals surface area contributed by atoms with Crippen molar-refractivity contribution in [3.8, 4) is 17.0 Å². The molecule has 0 saturated heterocycles. The molecule has 0 bridgehead atoms. The van der Waals surface area contributed by atoms with Gasteiger partial charge in [-0.05, 0) is 0 Å². The summed E-state index contributed by atoms with van der Waals surface area (Å²) in [6.07, 6.45) is 14.5. The average Bonchev–Trinajstić information content (AvgIpc) is 3.17. The van der Waals surface area contributed by atoms with Gasteiger partial charge in [-0.2, -0.15) is 0 Å². The first-order chi connectivity index (χ1) is 14.1. The van der Waals surface area contributed by atoms with Gasteiger partial charge in [-0.25, -0.2) is 0 Å². The number of fused-ring (bicyclic) bond motifs is 1. The van der Waals surface area contributed by atoms with Crippen LogP contribution in [0, 0.1) is 0 Å². The van der Waals surface area contributed by atoms with Gasteiger partial charge in [0, 0.05) is 0 Å². The summed E-state index contributed by atoms with van der Waals surface area (Å²) in [4.78, 5) is 9.51. The van der Waals surface area contributed by atoms with Gasteiger partial charge in [0.25, 0.3) is 0 Å². The number of rotatable bonds is 11. The van der Waals surface area contributed by atoms with Crippen LogP contribution in [0.15, 0.2) is 42.9 Å². The summed E-state index contributed by atoms with van der Waals surface area (Å²) in [6.45, 7) is 6.95. The van der Waals surface area contributed by atoms with E-state index in [2.05, 4.69) is 43.8 Å². The standard InChI is InChI=1S/C12H8N3O.3C4H9.Sn/c16-10-4-2-9(3-5-10)11-8-15-7-1-6-13-12(15)14-11;3*1-3-4-2;/h2-8,16H;3*1,3-4H2,2H3;. The van der Waals surface area contributed by atoms with Crippen LogP contribution in [0.3, 0.4) is 0 Å². The van der Waals surface area contributed by atoms with E-state index in [9.17, 15) is 5.11 Å². The first-order valence-corrected chi connectivity index (χ1v) is 18.7. The molecule has 0 saturated carbocycles. The van der Waals surface area contributed by atoms with Gasteiger partial charge in [-0.15, -0.1) is 0 Å². The topological polar surface area (TPSA) is 50.4 Å². The molecule has 2 aromatic heterocycles. The van der Waals surface area contributed by atoms with E-state index in [1.807, 2.05) is 12.1 Å². The predicted octanol–water partition coefficient (Wildman–Crippen LogP) is 6.16. The molecule has 0 aliphatic carbocycles. The van der Waals surface area contributed by atoms with Crippen molar-refractivity contribution in [3.63, 3.8) is 0 Å². The van der Waals surface area contributed by atoms with Gasteiger partial charge in [-0.3, -0.25) is 0 Å². The molecule has 1 aromatic carbocycles. The maximum atomic E-state index is 9.55. The second-order valence-corrected chi connectivity index (χ2v) is 21.6. The molecule has 5 heteroatoms. The Morgan fingerprint density at radius 1 is 0.862 bits per heavy atom. The zero-order valence-corrected chi connectivity index (χ0v) is 21.0. The molecule has 156 valence electrons. The Kier molecular flexibility index (Phi) is 7.98. The summed E-state index contributed by atoms with van der Waals surface area (Å²) in [5.41, 5.74) is 1.92. The first-order valence-electron chi connectivity index (χ1n) is 11.3. The molecule has 0 radical (unpaired) electrons. The van der Waals surface area contributed by atoms with Crippen molar-refractivity contribution in [2.45, 2.75) is 72.6 Å². The Morgan fingerprint density at radius 3 is 2.00 bits per heavy atom. The van der Waals surface area contributed by atoms with E-state index < -0.39 is 18.4 Å². The number of aromatic nitrogens is 3. The number of phenols is 1. The van der Waals surface area contributed by atoms with Gasteiger partial charge in [0.2, 0.25) is 0 Å². The molecule has 0 atom stereocenters. The molecule has 0 aliphatic heterocycles. The minimum absolute atomic E-state index is 0.277. The Hall–Kier alpha value is -1.56. The van der Waals surface area contributed by atoms with Crippen LogP contribution >= 0.6 is 0 Å². The van der Waals surface area contributed by atoms with E-state index in [1.165, 1.54) is 51.8 Å². The monoisotopic (exact) mass is 501 g/mol. The zero-order chi connectivity index (χ0) is 20.7. The van der Waals surface area contributed by atoms with Crippen molar-refractivity contribution >= 4 is 27.7 Å². The maximum absolute atomic E-state index is 9.55. The molecule has 3 rings (SSSR count).